The lowest BCUT2D eigenvalue weighted by Crippen LogP contribution is -2.31. The van der Waals surface area contributed by atoms with Gasteiger partial charge in [0.2, 0.25) is 0 Å². The maximum Gasteiger partial charge on any atom is 0.0547 e. The second-order valence-electron chi connectivity index (χ2n) is 11.9. The van der Waals surface area contributed by atoms with Crippen LogP contribution in [0, 0.1) is 0 Å². The van der Waals surface area contributed by atoms with E-state index in [1.165, 1.54) is 29.5 Å². The normalized spacial score (nSPS) is 16.7. The molecule has 0 amide bonds. The van der Waals surface area contributed by atoms with Gasteiger partial charge < -0.3 is 0 Å². The smallest absolute Gasteiger partial charge is 0.0547 e. The summed E-state index contributed by atoms with van der Waals surface area (Å²) in [7, 11) is 0. The topological polar surface area (TPSA) is 22.6 Å². The van der Waals surface area contributed by atoms with E-state index in [9.17, 15) is 0 Å². The second kappa shape index (κ2) is 18.7. The van der Waals surface area contributed by atoms with Gasteiger partial charge in [-0.1, -0.05) is 134 Å². The number of benzene rings is 3. The van der Waals surface area contributed by atoms with Crippen LogP contribution in [0.25, 0.3) is 18.2 Å². The molecule has 0 fully saturated rings. The van der Waals surface area contributed by atoms with Crippen molar-refractivity contribution in [3.8, 4) is 0 Å². The largest absolute Gasteiger partial charge is 0.300 e. The number of hydrogen-bond acceptors (Lipinski definition) is 4. The SMILES string of the molecule is C(=C\c1ccccc1)/CN1CCCCN(C/C=C/c2ccccc2)Cc2cccc(n2)CN(C/C=C/c2ccccc2)CCC1. The van der Waals surface area contributed by atoms with Crippen molar-refractivity contribution in [2.75, 3.05) is 45.8 Å². The van der Waals surface area contributed by atoms with E-state index in [-0.39, 0.29) is 0 Å². The molecular weight excluding hydrogens is 548 g/mol. The number of pyridine rings is 1. The molecule has 4 heteroatoms. The summed E-state index contributed by atoms with van der Waals surface area (Å²) in [5.74, 6) is 0. The molecule has 0 spiro atoms. The van der Waals surface area contributed by atoms with E-state index in [0.29, 0.717) is 0 Å². The van der Waals surface area contributed by atoms with Crippen LogP contribution in [0.15, 0.2) is 127 Å². The molecule has 1 aliphatic rings. The fourth-order valence-corrected chi connectivity index (χ4v) is 5.82. The lowest BCUT2D eigenvalue weighted by molar-refractivity contribution is 0.237. The van der Waals surface area contributed by atoms with Crippen molar-refractivity contribution in [1.82, 2.24) is 19.7 Å². The van der Waals surface area contributed by atoms with Crippen molar-refractivity contribution in [3.05, 3.63) is 156 Å². The highest BCUT2D eigenvalue weighted by Crippen LogP contribution is 2.12. The van der Waals surface area contributed by atoms with Gasteiger partial charge in [0.1, 0.15) is 0 Å². The van der Waals surface area contributed by atoms with Gasteiger partial charge in [0, 0.05) is 39.3 Å². The molecule has 1 aromatic heterocycles. The Kier molecular flexibility index (Phi) is 13.4. The van der Waals surface area contributed by atoms with Crippen LogP contribution in [0.4, 0.5) is 0 Å². The van der Waals surface area contributed by atoms with E-state index in [1.54, 1.807) is 0 Å². The first-order valence-corrected chi connectivity index (χ1v) is 16.6. The summed E-state index contributed by atoms with van der Waals surface area (Å²) in [5, 5.41) is 0. The van der Waals surface area contributed by atoms with Crippen LogP contribution in [-0.2, 0) is 13.1 Å². The molecule has 2 bridgehead atoms. The van der Waals surface area contributed by atoms with Crippen LogP contribution in [0.5, 0.6) is 0 Å². The summed E-state index contributed by atoms with van der Waals surface area (Å²) in [5.41, 5.74) is 6.06. The molecule has 0 unspecified atom stereocenters. The Morgan fingerprint density at radius 2 is 0.800 bits per heavy atom. The van der Waals surface area contributed by atoms with Crippen LogP contribution in [0.3, 0.4) is 0 Å². The Bertz CT molecular complexity index is 1460. The minimum absolute atomic E-state index is 0.856. The van der Waals surface area contributed by atoms with Gasteiger partial charge in [-0.25, -0.2) is 0 Å². The van der Waals surface area contributed by atoms with Crippen LogP contribution in [0.1, 0.15) is 47.3 Å². The van der Waals surface area contributed by atoms with Gasteiger partial charge in [0.25, 0.3) is 0 Å². The minimum atomic E-state index is 0.856. The third-order valence-electron chi connectivity index (χ3n) is 8.20. The van der Waals surface area contributed by atoms with Crippen molar-refractivity contribution in [2.45, 2.75) is 32.4 Å². The summed E-state index contributed by atoms with van der Waals surface area (Å²) in [6, 6.07) is 38.4. The highest BCUT2D eigenvalue weighted by atomic mass is 15.2. The summed E-state index contributed by atoms with van der Waals surface area (Å²) >= 11 is 0. The first kappa shape index (κ1) is 32.3. The van der Waals surface area contributed by atoms with E-state index in [0.717, 1.165) is 76.7 Å². The van der Waals surface area contributed by atoms with Crippen molar-refractivity contribution < 1.29 is 0 Å². The fraction of sp³-hybridized carbons (Fsp3) is 0.293. The molecule has 0 atom stereocenters. The molecule has 0 N–H and O–H groups in total. The number of aromatic nitrogens is 1. The van der Waals surface area contributed by atoms with E-state index in [2.05, 4.69) is 160 Å². The average molecular weight is 597 g/mol. The third-order valence-corrected chi connectivity index (χ3v) is 8.20. The van der Waals surface area contributed by atoms with Crippen LogP contribution >= 0.6 is 0 Å². The highest BCUT2D eigenvalue weighted by Gasteiger charge is 2.12. The van der Waals surface area contributed by atoms with Crippen LogP contribution < -0.4 is 0 Å². The van der Waals surface area contributed by atoms with Crippen molar-refractivity contribution in [2.24, 2.45) is 0 Å². The fourth-order valence-electron chi connectivity index (χ4n) is 5.82. The molecule has 232 valence electrons. The third kappa shape index (κ3) is 12.1. The monoisotopic (exact) mass is 596 g/mol. The first-order valence-electron chi connectivity index (χ1n) is 16.6. The minimum Gasteiger partial charge on any atom is -0.300 e. The van der Waals surface area contributed by atoms with E-state index in [1.807, 2.05) is 0 Å². The van der Waals surface area contributed by atoms with Gasteiger partial charge in [0.05, 0.1) is 11.4 Å². The quantitative estimate of drug-likeness (QED) is 0.194. The zero-order valence-electron chi connectivity index (χ0n) is 26.6. The molecule has 0 aliphatic carbocycles. The summed E-state index contributed by atoms with van der Waals surface area (Å²) < 4.78 is 0. The van der Waals surface area contributed by atoms with Crippen molar-refractivity contribution >= 4 is 18.2 Å². The lowest BCUT2D eigenvalue weighted by atomic mass is 10.2. The van der Waals surface area contributed by atoms with E-state index >= 15 is 0 Å². The Hall–Kier alpha value is -4.09. The maximum absolute atomic E-state index is 5.15. The van der Waals surface area contributed by atoms with Gasteiger partial charge in [-0.2, -0.15) is 0 Å². The highest BCUT2D eigenvalue weighted by molar-refractivity contribution is 5.50. The first-order chi connectivity index (χ1) is 22.3. The van der Waals surface area contributed by atoms with Gasteiger partial charge in [0.15, 0.2) is 0 Å². The number of rotatable bonds is 9. The summed E-state index contributed by atoms with van der Waals surface area (Å²) in [6.07, 6.45) is 17.2. The Morgan fingerprint density at radius 3 is 1.27 bits per heavy atom. The van der Waals surface area contributed by atoms with Gasteiger partial charge in [-0.05, 0) is 67.7 Å². The van der Waals surface area contributed by atoms with E-state index in [4.69, 9.17) is 4.98 Å². The Balaban J connectivity index is 1.29. The van der Waals surface area contributed by atoms with E-state index < -0.39 is 0 Å². The van der Waals surface area contributed by atoms with Gasteiger partial charge >= 0.3 is 0 Å². The van der Waals surface area contributed by atoms with Crippen molar-refractivity contribution in [1.29, 1.82) is 0 Å². The zero-order chi connectivity index (χ0) is 30.8. The molecule has 0 saturated heterocycles. The lowest BCUT2D eigenvalue weighted by Gasteiger charge is -2.24. The number of hydrogen-bond donors (Lipinski definition) is 0. The maximum atomic E-state index is 5.15. The Morgan fingerprint density at radius 1 is 0.422 bits per heavy atom. The molecule has 2 heterocycles. The van der Waals surface area contributed by atoms with Gasteiger partial charge in [-0.15, -0.1) is 0 Å². The number of fused-ring (bicyclic) bond motifs is 2. The van der Waals surface area contributed by atoms with Crippen LogP contribution in [0.2, 0.25) is 0 Å². The predicted octanol–water partition coefficient (Wildman–Crippen LogP) is 8.31. The molecular formula is C41H48N4. The molecule has 4 aromatic rings. The molecule has 4 nitrogen and oxygen atoms in total. The van der Waals surface area contributed by atoms with Gasteiger partial charge in [-0.3, -0.25) is 19.7 Å². The molecule has 45 heavy (non-hydrogen) atoms. The molecule has 3 aromatic carbocycles. The molecule has 0 radical (unpaired) electrons. The van der Waals surface area contributed by atoms with Crippen molar-refractivity contribution in [3.63, 3.8) is 0 Å². The summed E-state index contributed by atoms with van der Waals surface area (Å²) in [6.45, 7) is 8.84. The standard InChI is InChI=1S/C41H48N4/c1-4-17-37(18-5-1)23-13-30-43-28-10-11-29-44(31-14-24-38-19-6-2-7-20-38)35-40-26-12-27-41(42-40)36-45(34-16-33-43)32-15-25-39-21-8-3-9-22-39/h1-9,12-15,17-27H,10-11,16,28-36H2/b23-13+,24-14+,25-15+. The Labute approximate surface area is 271 Å². The second-order valence-corrected chi connectivity index (χ2v) is 11.9. The molecule has 0 saturated carbocycles. The predicted molar refractivity (Wildman–Crippen MR) is 192 cm³/mol. The average Bonchev–Trinajstić information content (AvgIpc) is 3.08. The molecule has 1 aliphatic heterocycles. The summed E-state index contributed by atoms with van der Waals surface area (Å²) in [4.78, 5) is 12.9. The zero-order valence-corrected chi connectivity index (χ0v) is 26.6. The van der Waals surface area contributed by atoms with Crippen LogP contribution in [-0.4, -0.2) is 65.5 Å². The molecule has 5 rings (SSSR count). The number of nitrogens with zero attached hydrogens (tertiary/aromatic N) is 4.